The van der Waals surface area contributed by atoms with Crippen molar-refractivity contribution in [2.24, 2.45) is 0 Å². The molecule has 0 aliphatic carbocycles. The molecule has 0 bridgehead atoms. The summed E-state index contributed by atoms with van der Waals surface area (Å²) in [5.74, 6) is 0.243. The monoisotopic (exact) mass is 110 g/mol. The molecule has 1 aromatic carbocycles. The molecule has 0 saturated heterocycles. The molecular weight excluding hydrogens is 100 g/mol. The van der Waals surface area contributed by atoms with Gasteiger partial charge < -0.3 is 4.74 Å². The summed E-state index contributed by atoms with van der Waals surface area (Å²) in [7, 11) is -2.38. The Labute approximate surface area is 53.1 Å². The topological polar surface area (TPSA) is 9.23 Å². The highest BCUT2D eigenvalue weighted by atomic mass is 16.5. The molecule has 0 aromatic heterocycles. The van der Waals surface area contributed by atoms with Crippen LogP contribution in [0.2, 0.25) is 0 Å². The lowest BCUT2D eigenvalue weighted by Crippen LogP contribution is -1.79. The third kappa shape index (κ3) is 0.997. The Morgan fingerprint density at radius 1 is 1.75 bits per heavy atom. The number of ether oxygens (including phenoxy) is 1. The Balaban J connectivity index is 2.66. The zero-order chi connectivity index (χ0) is 8.32. The number of methoxy groups -OCH3 is 1. The van der Waals surface area contributed by atoms with Gasteiger partial charge in [0, 0.05) is 6.07 Å². The van der Waals surface area contributed by atoms with Gasteiger partial charge in [-0.25, -0.2) is 0 Å². The summed E-state index contributed by atoms with van der Waals surface area (Å²) in [6, 6.07) is 9.22. The van der Waals surface area contributed by atoms with Crippen LogP contribution < -0.4 is 4.74 Å². The van der Waals surface area contributed by atoms with E-state index in [0.29, 0.717) is 0 Å². The maximum absolute atomic E-state index is 6.76. The molecule has 1 radical (unpaired) electrons. The quantitative estimate of drug-likeness (QED) is 0.532. The van der Waals surface area contributed by atoms with E-state index in [9.17, 15) is 0 Å². The molecule has 1 rings (SSSR count). The smallest absolute Gasteiger partial charge is 0.126 e. The first-order chi connectivity index (χ1) is 5.08. The van der Waals surface area contributed by atoms with Crippen LogP contribution in [0.25, 0.3) is 0 Å². The van der Waals surface area contributed by atoms with Gasteiger partial charge in [0.25, 0.3) is 0 Å². The number of hydrogen-bond acceptors (Lipinski definition) is 1. The number of hydrogen-bond donors (Lipinski definition) is 0. The first-order valence-electron chi connectivity index (χ1n) is 3.74. The van der Waals surface area contributed by atoms with E-state index in [4.69, 9.17) is 4.11 Å². The van der Waals surface area contributed by atoms with Crippen molar-refractivity contribution in [3.05, 3.63) is 30.3 Å². The van der Waals surface area contributed by atoms with Crippen molar-refractivity contribution < 1.29 is 8.85 Å². The predicted octanol–water partition coefficient (Wildman–Crippen LogP) is 1.50. The second-order valence-corrected chi connectivity index (χ2v) is 1.33. The first-order valence-corrected chi connectivity index (χ1v) is 2.24. The Kier molecular flexibility index (Phi) is 0.747. The van der Waals surface area contributed by atoms with Crippen LogP contribution in [0.15, 0.2) is 24.3 Å². The van der Waals surface area contributed by atoms with E-state index in [-0.39, 0.29) is 5.75 Å². The van der Waals surface area contributed by atoms with Gasteiger partial charge in [-0.1, -0.05) is 18.2 Å². The fourth-order valence-electron chi connectivity index (χ4n) is 0.440. The maximum Gasteiger partial charge on any atom is 0.126 e. The minimum absolute atomic E-state index is 0.243. The fourth-order valence-corrected chi connectivity index (χ4v) is 0.440. The third-order valence-corrected chi connectivity index (χ3v) is 0.790. The van der Waals surface area contributed by atoms with Gasteiger partial charge in [0.05, 0.1) is 11.2 Å². The van der Waals surface area contributed by atoms with E-state index in [0.717, 1.165) is 0 Å². The molecule has 0 atom stereocenters. The van der Waals surface area contributed by atoms with Crippen LogP contribution in [0.3, 0.4) is 0 Å². The van der Waals surface area contributed by atoms with E-state index in [1.54, 1.807) is 24.3 Å². The lowest BCUT2D eigenvalue weighted by molar-refractivity contribution is 0.414. The van der Waals surface area contributed by atoms with E-state index < -0.39 is 7.04 Å². The zero-order valence-electron chi connectivity index (χ0n) is 7.22. The summed E-state index contributed by atoms with van der Waals surface area (Å²) in [5, 5.41) is 0. The molecule has 0 aliphatic heterocycles. The van der Waals surface area contributed by atoms with Crippen LogP contribution >= 0.6 is 0 Å². The molecule has 0 aliphatic rings. The van der Waals surface area contributed by atoms with Crippen molar-refractivity contribution in [3.8, 4) is 5.75 Å². The summed E-state index contributed by atoms with van der Waals surface area (Å²) in [5.41, 5.74) is 0. The van der Waals surface area contributed by atoms with E-state index >= 15 is 0 Å². The van der Waals surface area contributed by atoms with Crippen molar-refractivity contribution >= 4 is 0 Å². The van der Waals surface area contributed by atoms with Gasteiger partial charge in [0.2, 0.25) is 0 Å². The predicted molar refractivity (Wildman–Crippen MR) is 31.8 cm³/mol. The molecule has 1 nitrogen and oxygen atoms in total. The number of benzene rings is 1. The van der Waals surface area contributed by atoms with Crippen molar-refractivity contribution in [1.29, 1.82) is 0 Å². The average molecular weight is 110 g/mol. The summed E-state index contributed by atoms with van der Waals surface area (Å²) >= 11 is 0. The molecule has 0 amide bonds. The molecule has 0 fully saturated rings. The number of para-hydroxylation sites is 1. The van der Waals surface area contributed by atoms with Crippen LogP contribution in [-0.4, -0.2) is 7.04 Å². The van der Waals surface area contributed by atoms with E-state index in [1.165, 1.54) is 0 Å². The Hall–Kier alpha value is -0.980. The minimum atomic E-state index is -2.38. The van der Waals surface area contributed by atoms with E-state index in [1.807, 2.05) is 0 Å². The summed E-state index contributed by atoms with van der Waals surface area (Å²) in [6.07, 6.45) is 0. The van der Waals surface area contributed by atoms with Gasteiger partial charge in [-0.15, -0.1) is 0 Å². The van der Waals surface area contributed by atoms with Crippen LogP contribution in [0.1, 0.15) is 4.11 Å². The lowest BCUT2D eigenvalue weighted by Gasteiger charge is -1.93. The average Bonchev–Trinajstić information content (AvgIpc) is 1.85. The maximum atomic E-state index is 6.76. The minimum Gasteiger partial charge on any atom is -0.496 e. The molecule has 8 heavy (non-hydrogen) atoms. The zero-order valence-corrected chi connectivity index (χ0v) is 4.22. The molecule has 1 heteroatoms. The van der Waals surface area contributed by atoms with Crippen LogP contribution in [-0.2, 0) is 0 Å². The molecular formula is C7H7O. The van der Waals surface area contributed by atoms with Gasteiger partial charge in [0.1, 0.15) is 5.75 Å². The highest BCUT2D eigenvalue weighted by Crippen LogP contribution is 2.04. The molecule has 0 unspecified atom stereocenters. The largest absolute Gasteiger partial charge is 0.496 e. The van der Waals surface area contributed by atoms with Gasteiger partial charge in [-0.2, -0.15) is 0 Å². The van der Waals surface area contributed by atoms with Gasteiger partial charge in [0.15, 0.2) is 0 Å². The second kappa shape index (κ2) is 2.36. The second-order valence-electron chi connectivity index (χ2n) is 1.33. The fraction of sp³-hybridized carbons (Fsp3) is 0.143. The van der Waals surface area contributed by atoms with Crippen LogP contribution in [0.4, 0.5) is 0 Å². The summed E-state index contributed by atoms with van der Waals surface area (Å²) < 4.78 is 24.8. The van der Waals surface area contributed by atoms with Crippen molar-refractivity contribution in [1.82, 2.24) is 0 Å². The molecule has 0 saturated carbocycles. The summed E-state index contributed by atoms with van der Waals surface area (Å²) in [6.45, 7) is 0. The Bertz CT molecular complexity index is 217. The Morgan fingerprint density at radius 3 is 3.38 bits per heavy atom. The van der Waals surface area contributed by atoms with Crippen molar-refractivity contribution in [2.75, 3.05) is 7.04 Å². The normalized spacial score (nSPS) is 15.8. The highest BCUT2D eigenvalue weighted by Gasteiger charge is 1.81. The van der Waals surface area contributed by atoms with Gasteiger partial charge in [-0.05, 0) is 6.07 Å². The van der Waals surface area contributed by atoms with Gasteiger partial charge >= 0.3 is 0 Å². The first kappa shape index (κ1) is 2.53. The summed E-state index contributed by atoms with van der Waals surface area (Å²) in [4.78, 5) is 0. The third-order valence-electron chi connectivity index (χ3n) is 0.790. The molecule has 41 valence electrons. The molecule has 0 heterocycles. The van der Waals surface area contributed by atoms with Crippen molar-refractivity contribution in [3.63, 3.8) is 0 Å². The standard InChI is InChI=1S/C7H7O/c1-8-7-5-3-2-4-6-7/h2-5H,1H3/i1D3. The highest BCUT2D eigenvalue weighted by molar-refractivity contribution is 5.18. The van der Waals surface area contributed by atoms with Crippen LogP contribution in [0, 0.1) is 6.07 Å². The van der Waals surface area contributed by atoms with Crippen molar-refractivity contribution in [2.45, 2.75) is 0 Å². The van der Waals surface area contributed by atoms with E-state index in [2.05, 4.69) is 10.8 Å². The molecule has 0 spiro atoms. The van der Waals surface area contributed by atoms with Gasteiger partial charge in [-0.3, -0.25) is 0 Å². The lowest BCUT2D eigenvalue weighted by atomic mass is 10.3. The molecule has 1 aromatic rings. The SMILES string of the molecule is [2H]C([2H])([2H])Oc1[c]cccc1. The van der Waals surface area contributed by atoms with Crippen LogP contribution in [0.5, 0.6) is 5.75 Å². The Morgan fingerprint density at radius 2 is 2.75 bits per heavy atom. The number of rotatable bonds is 1. The molecule has 0 N–H and O–H groups in total.